The van der Waals surface area contributed by atoms with Crippen LogP contribution in [0.15, 0.2) is 29.3 Å². The molecule has 29 heavy (non-hydrogen) atoms. The highest BCUT2D eigenvalue weighted by molar-refractivity contribution is 7.99. The number of rotatable bonds is 3. The van der Waals surface area contributed by atoms with Gasteiger partial charge >= 0.3 is 0 Å². The molecular weight excluding hydrogens is 386 g/mol. The number of piperazine rings is 1. The molecular formula is C22H25N3O3S. The van der Waals surface area contributed by atoms with Crippen LogP contribution in [-0.2, 0) is 14.4 Å². The molecule has 1 N–H and O–H groups in total. The van der Waals surface area contributed by atoms with E-state index in [0.29, 0.717) is 12.8 Å². The van der Waals surface area contributed by atoms with Crippen LogP contribution in [0.3, 0.4) is 0 Å². The number of nitrogens with one attached hydrogen (secondary N) is 1. The number of nitrogens with zero attached hydrogens (tertiary/aromatic N) is 2. The van der Waals surface area contributed by atoms with Crippen LogP contribution in [0.25, 0.3) is 10.9 Å². The number of thioether (sulfide) groups is 1. The zero-order chi connectivity index (χ0) is 20.6. The minimum atomic E-state index is -0.868. The molecule has 1 spiro atoms. The minimum Gasteiger partial charge on any atom is -0.318 e. The minimum absolute atomic E-state index is 0.0472. The molecule has 7 heteroatoms. The number of aryl methyl sites for hydroxylation is 2. The van der Waals surface area contributed by atoms with E-state index in [1.54, 1.807) is 0 Å². The van der Waals surface area contributed by atoms with Crippen molar-refractivity contribution in [3.05, 3.63) is 35.4 Å². The molecule has 4 rings (SSSR count). The van der Waals surface area contributed by atoms with Crippen molar-refractivity contribution in [2.24, 2.45) is 0 Å². The Balaban J connectivity index is 1.55. The summed E-state index contributed by atoms with van der Waals surface area (Å²) in [5.41, 5.74) is 2.29. The Morgan fingerprint density at radius 2 is 1.93 bits per heavy atom. The number of para-hydroxylation sites is 1. The molecule has 6 nitrogen and oxygen atoms in total. The number of carbonyl (C=O) groups excluding carboxylic acids is 3. The summed E-state index contributed by atoms with van der Waals surface area (Å²) in [6, 6.07) is 8.09. The maximum Gasteiger partial charge on any atom is 0.252 e. The first kappa shape index (κ1) is 19.9. The lowest BCUT2D eigenvalue weighted by molar-refractivity contribution is -0.158. The van der Waals surface area contributed by atoms with Crippen molar-refractivity contribution >= 4 is 40.4 Å². The Labute approximate surface area is 174 Å². The van der Waals surface area contributed by atoms with Gasteiger partial charge in [0.05, 0.1) is 16.3 Å². The van der Waals surface area contributed by atoms with E-state index >= 15 is 0 Å². The third kappa shape index (κ3) is 3.64. The number of hydrogen-bond donors (Lipinski definition) is 1. The normalized spacial score (nSPS) is 18.9. The van der Waals surface area contributed by atoms with E-state index < -0.39 is 11.4 Å². The highest BCUT2D eigenvalue weighted by atomic mass is 32.2. The molecule has 2 aromatic rings. The first-order chi connectivity index (χ1) is 13.9. The molecule has 1 saturated carbocycles. The summed E-state index contributed by atoms with van der Waals surface area (Å²) < 4.78 is 0. The first-order valence-electron chi connectivity index (χ1n) is 10.1. The second kappa shape index (κ2) is 7.78. The van der Waals surface area contributed by atoms with Crippen molar-refractivity contribution in [1.82, 2.24) is 15.2 Å². The molecule has 3 amide bonds. The number of hydrogen-bond acceptors (Lipinski definition) is 5. The van der Waals surface area contributed by atoms with Crippen LogP contribution in [0.2, 0.25) is 0 Å². The molecule has 1 aromatic heterocycles. The van der Waals surface area contributed by atoms with Gasteiger partial charge in [-0.1, -0.05) is 49.2 Å². The SMILES string of the molecule is Cc1cc(SCC(=O)N2CC(=O)NC(=O)C23CCCCC3)nc2c(C)cccc12. The summed E-state index contributed by atoms with van der Waals surface area (Å²) in [6.45, 7) is 4.02. The number of benzene rings is 1. The van der Waals surface area contributed by atoms with Crippen molar-refractivity contribution < 1.29 is 14.4 Å². The number of fused-ring (bicyclic) bond motifs is 1. The van der Waals surface area contributed by atoms with Crippen LogP contribution >= 0.6 is 11.8 Å². The second-order valence-corrected chi connectivity index (χ2v) is 8.98. The van der Waals surface area contributed by atoms with Gasteiger partial charge < -0.3 is 4.90 Å². The quantitative estimate of drug-likeness (QED) is 0.620. The Hall–Kier alpha value is -2.41. The van der Waals surface area contributed by atoms with E-state index in [-0.39, 0.29) is 24.1 Å². The fourth-order valence-corrected chi connectivity index (χ4v) is 5.32. The molecule has 1 saturated heterocycles. The van der Waals surface area contributed by atoms with Gasteiger partial charge in [-0.25, -0.2) is 4.98 Å². The molecule has 1 aromatic carbocycles. The van der Waals surface area contributed by atoms with Gasteiger partial charge in [-0.3, -0.25) is 19.7 Å². The van der Waals surface area contributed by atoms with Crippen molar-refractivity contribution in [2.75, 3.05) is 12.3 Å². The van der Waals surface area contributed by atoms with Crippen molar-refractivity contribution in [1.29, 1.82) is 0 Å². The average molecular weight is 412 g/mol. The second-order valence-electron chi connectivity index (χ2n) is 7.99. The van der Waals surface area contributed by atoms with Gasteiger partial charge in [-0.2, -0.15) is 0 Å². The van der Waals surface area contributed by atoms with Gasteiger partial charge in [0.1, 0.15) is 12.1 Å². The van der Waals surface area contributed by atoms with Gasteiger partial charge in [-0.05, 0) is 43.9 Å². The summed E-state index contributed by atoms with van der Waals surface area (Å²) in [4.78, 5) is 44.0. The summed E-state index contributed by atoms with van der Waals surface area (Å²) in [5, 5.41) is 4.33. The fourth-order valence-electron chi connectivity index (χ4n) is 4.48. The third-order valence-corrected chi connectivity index (χ3v) is 6.94. The number of aromatic nitrogens is 1. The molecule has 1 aliphatic heterocycles. The van der Waals surface area contributed by atoms with Crippen LogP contribution in [0.1, 0.15) is 43.2 Å². The van der Waals surface area contributed by atoms with Crippen LogP contribution in [0.4, 0.5) is 0 Å². The van der Waals surface area contributed by atoms with E-state index in [1.807, 2.05) is 32.0 Å². The van der Waals surface area contributed by atoms with Gasteiger partial charge in [0.15, 0.2) is 0 Å². The number of imide groups is 1. The zero-order valence-electron chi connectivity index (χ0n) is 16.8. The lowest BCUT2D eigenvalue weighted by Gasteiger charge is -2.47. The summed E-state index contributed by atoms with van der Waals surface area (Å²) in [5.74, 6) is -0.738. The fraction of sp³-hybridized carbons (Fsp3) is 0.455. The Bertz CT molecular complexity index is 998. The molecule has 0 atom stereocenters. The van der Waals surface area contributed by atoms with E-state index in [9.17, 15) is 14.4 Å². The van der Waals surface area contributed by atoms with Crippen LogP contribution < -0.4 is 5.32 Å². The number of amides is 3. The average Bonchev–Trinajstić information content (AvgIpc) is 2.71. The van der Waals surface area contributed by atoms with Gasteiger partial charge in [-0.15, -0.1) is 0 Å². The Kier molecular flexibility index (Phi) is 5.34. The van der Waals surface area contributed by atoms with E-state index in [0.717, 1.165) is 46.3 Å². The Morgan fingerprint density at radius 1 is 1.17 bits per heavy atom. The largest absolute Gasteiger partial charge is 0.318 e. The van der Waals surface area contributed by atoms with Gasteiger partial charge in [0.2, 0.25) is 11.8 Å². The topological polar surface area (TPSA) is 79.4 Å². The van der Waals surface area contributed by atoms with Crippen molar-refractivity contribution in [3.8, 4) is 0 Å². The standard InChI is InChI=1S/C22H25N3O3S/c1-14-7-6-8-16-15(2)11-18(24-20(14)16)29-13-19(27)25-12-17(26)23-21(28)22(25)9-4-3-5-10-22/h6-8,11H,3-5,9-10,12-13H2,1-2H3,(H,23,26,28). The molecule has 1 aliphatic carbocycles. The summed E-state index contributed by atoms with van der Waals surface area (Å²) in [7, 11) is 0. The lowest BCUT2D eigenvalue weighted by Crippen LogP contribution is -2.69. The molecule has 152 valence electrons. The molecule has 2 fully saturated rings. The van der Waals surface area contributed by atoms with E-state index in [2.05, 4.69) is 11.4 Å². The molecule has 2 aliphatic rings. The highest BCUT2D eigenvalue weighted by Crippen LogP contribution is 2.36. The third-order valence-electron chi connectivity index (χ3n) is 6.04. The smallest absolute Gasteiger partial charge is 0.252 e. The summed E-state index contributed by atoms with van der Waals surface area (Å²) >= 11 is 1.36. The molecule has 0 unspecified atom stereocenters. The maximum absolute atomic E-state index is 13.1. The number of pyridine rings is 1. The van der Waals surface area contributed by atoms with Crippen molar-refractivity contribution in [2.45, 2.75) is 56.5 Å². The van der Waals surface area contributed by atoms with Gasteiger partial charge in [0, 0.05) is 5.39 Å². The van der Waals surface area contributed by atoms with Crippen LogP contribution in [-0.4, -0.2) is 45.4 Å². The molecule has 0 radical (unpaired) electrons. The zero-order valence-corrected chi connectivity index (χ0v) is 17.6. The van der Waals surface area contributed by atoms with Crippen molar-refractivity contribution in [3.63, 3.8) is 0 Å². The van der Waals surface area contributed by atoms with Crippen LogP contribution in [0, 0.1) is 13.8 Å². The predicted molar refractivity (Wildman–Crippen MR) is 113 cm³/mol. The van der Waals surface area contributed by atoms with E-state index in [1.165, 1.54) is 16.7 Å². The lowest BCUT2D eigenvalue weighted by atomic mass is 9.78. The summed E-state index contributed by atoms with van der Waals surface area (Å²) in [6.07, 6.45) is 4.08. The monoisotopic (exact) mass is 411 g/mol. The maximum atomic E-state index is 13.1. The number of carbonyl (C=O) groups is 3. The van der Waals surface area contributed by atoms with E-state index in [4.69, 9.17) is 4.98 Å². The molecule has 2 heterocycles. The van der Waals surface area contributed by atoms with Crippen LogP contribution in [0.5, 0.6) is 0 Å². The highest BCUT2D eigenvalue weighted by Gasteiger charge is 2.50. The molecule has 0 bridgehead atoms. The predicted octanol–water partition coefficient (Wildman–Crippen LogP) is 3.13. The Morgan fingerprint density at radius 3 is 2.69 bits per heavy atom. The van der Waals surface area contributed by atoms with Gasteiger partial charge in [0.25, 0.3) is 5.91 Å². The first-order valence-corrected chi connectivity index (χ1v) is 11.0.